The number of hydrogen-bond acceptors (Lipinski definition) is 8. The number of aliphatic hydroxyl groups excluding tert-OH is 4. The molecule has 6 aliphatic rings. The minimum Gasteiger partial charge on any atom is -0.481 e. The van der Waals surface area contributed by atoms with Gasteiger partial charge in [0, 0.05) is 5.41 Å². The van der Waals surface area contributed by atoms with Crippen molar-refractivity contribution in [2.45, 2.75) is 143 Å². The van der Waals surface area contributed by atoms with Crippen LogP contribution in [0.5, 0.6) is 0 Å². The van der Waals surface area contributed by atoms with E-state index in [1.54, 1.807) is 0 Å². The van der Waals surface area contributed by atoms with E-state index < -0.39 is 59.6 Å². The topological polar surface area (TPSA) is 174 Å². The lowest BCUT2D eigenvalue weighted by molar-refractivity contribution is -0.327. The van der Waals surface area contributed by atoms with Gasteiger partial charge in [0.2, 0.25) is 0 Å². The summed E-state index contributed by atoms with van der Waals surface area (Å²) < 4.78 is 11.8. The normalized spacial score (nSPS) is 53.1. The molecule has 1 saturated heterocycles. The summed E-state index contributed by atoms with van der Waals surface area (Å²) in [5.41, 5.74) is -0.309. The number of carboxylic acid groups (broad SMARTS) is 2. The molecule has 6 rings (SSSR count). The van der Waals surface area contributed by atoms with Gasteiger partial charge in [-0.05, 0) is 104 Å². The molecule has 1 heterocycles. The summed E-state index contributed by atoms with van der Waals surface area (Å²) in [4.78, 5) is 24.7. The van der Waals surface area contributed by atoms with Crippen molar-refractivity contribution in [1.29, 1.82) is 0 Å². The van der Waals surface area contributed by atoms with Gasteiger partial charge in [-0.15, -0.1) is 0 Å². The summed E-state index contributed by atoms with van der Waals surface area (Å²) in [6, 6.07) is 0. The van der Waals surface area contributed by atoms with E-state index in [-0.39, 0.29) is 40.1 Å². The lowest BCUT2D eigenvalue weighted by Crippen LogP contribution is -2.67. The Bertz CT molecular complexity index is 1280. The second kappa shape index (κ2) is 11.0. The highest BCUT2D eigenvalue weighted by Crippen LogP contribution is 2.76. The molecule has 0 aromatic carbocycles. The molecule has 5 aliphatic carbocycles. The molecule has 0 spiro atoms. The predicted octanol–water partition coefficient (Wildman–Crippen LogP) is 4.12. The number of rotatable bonds is 5. The Morgan fingerprint density at radius 3 is 2.17 bits per heavy atom. The number of allylic oxidation sites excluding steroid dienone is 2. The van der Waals surface area contributed by atoms with Crippen molar-refractivity contribution >= 4 is 11.9 Å². The van der Waals surface area contributed by atoms with E-state index in [2.05, 4.69) is 40.7 Å². The van der Waals surface area contributed by atoms with Crippen LogP contribution < -0.4 is 0 Å². The van der Waals surface area contributed by atoms with E-state index in [9.17, 15) is 40.2 Å². The molecule has 10 heteroatoms. The lowest BCUT2D eigenvalue weighted by atomic mass is 9.33. The fourth-order valence-corrected chi connectivity index (χ4v) is 12.2. The highest BCUT2D eigenvalue weighted by Gasteiger charge is 2.70. The maximum Gasteiger partial charge on any atom is 0.335 e. The first-order valence-corrected chi connectivity index (χ1v) is 17.4. The van der Waals surface area contributed by atoms with Crippen molar-refractivity contribution in [1.82, 2.24) is 0 Å². The Labute approximate surface area is 272 Å². The third kappa shape index (κ3) is 4.56. The predicted molar refractivity (Wildman–Crippen MR) is 167 cm³/mol. The molecule has 0 amide bonds. The number of fused-ring (bicyclic) bond motifs is 7. The van der Waals surface area contributed by atoms with Crippen LogP contribution in [0, 0.1) is 50.2 Å². The second-order valence-electron chi connectivity index (χ2n) is 17.7. The molecule has 0 aromatic heterocycles. The summed E-state index contributed by atoms with van der Waals surface area (Å²) in [6.45, 7) is 13.6. The van der Waals surface area contributed by atoms with Crippen molar-refractivity contribution in [3.8, 4) is 0 Å². The fraction of sp³-hybridized carbons (Fsp3) is 0.889. The Balaban J connectivity index is 1.31. The van der Waals surface area contributed by atoms with Crippen LogP contribution in [0.4, 0.5) is 0 Å². The Kier molecular flexibility index (Phi) is 8.18. The zero-order valence-electron chi connectivity index (χ0n) is 28.4. The summed E-state index contributed by atoms with van der Waals surface area (Å²) in [5.74, 6) is -1.70. The smallest absolute Gasteiger partial charge is 0.335 e. The monoisotopic (exact) mass is 648 g/mol. The number of ether oxygens (including phenoxy) is 2. The van der Waals surface area contributed by atoms with Crippen LogP contribution in [-0.2, 0) is 19.1 Å². The van der Waals surface area contributed by atoms with Gasteiger partial charge in [0.15, 0.2) is 12.4 Å². The molecule has 5 fully saturated rings. The Morgan fingerprint density at radius 2 is 1.54 bits per heavy atom. The highest BCUT2D eigenvalue weighted by molar-refractivity contribution is 5.76. The first-order valence-electron chi connectivity index (χ1n) is 17.4. The van der Waals surface area contributed by atoms with Crippen LogP contribution >= 0.6 is 0 Å². The summed E-state index contributed by atoms with van der Waals surface area (Å²) in [7, 11) is 0. The van der Waals surface area contributed by atoms with Gasteiger partial charge in [-0.25, -0.2) is 4.79 Å². The van der Waals surface area contributed by atoms with E-state index in [1.807, 2.05) is 6.92 Å². The SMILES string of the molecule is CC1(C)CC[C@]2(C(=O)O)CC[C@]3(C)C(=CC[C@H]4[C@@]5(C)CC[C@H](O[C@@H]6O[C@H](C(=O)O)[C@@H](O)[C@H](O)[C@H]6O)[C@](C)(CO)[C@@H]5CC[C@]43C)[C@@H]2C1. The van der Waals surface area contributed by atoms with Gasteiger partial charge < -0.3 is 40.1 Å². The van der Waals surface area contributed by atoms with Crippen LogP contribution in [0.3, 0.4) is 0 Å². The number of aliphatic hydroxyl groups is 4. The molecule has 10 nitrogen and oxygen atoms in total. The van der Waals surface area contributed by atoms with Gasteiger partial charge in [-0.3, -0.25) is 4.79 Å². The quantitative estimate of drug-likeness (QED) is 0.188. The molecule has 46 heavy (non-hydrogen) atoms. The number of carbonyl (C=O) groups is 2. The molecule has 0 unspecified atom stereocenters. The number of hydrogen-bond donors (Lipinski definition) is 6. The van der Waals surface area contributed by atoms with Crippen LogP contribution in [-0.4, -0.2) is 86.0 Å². The van der Waals surface area contributed by atoms with E-state index in [4.69, 9.17) is 9.47 Å². The molecule has 6 N–H and O–H groups in total. The standard InChI is InChI=1S/C36H56O10/c1-31(2)13-15-36(30(43)44)16-14-34(5)19(20(36)17-31)7-8-22-32(3)11-10-23(33(4,18-37)21(32)9-12-35(22,34)6)45-29-26(40)24(38)25(39)27(46-29)28(41)42/h7,20-27,29,37-40H,8-18H2,1-6H3,(H,41,42)(H,43,44)/t20-,21+,22-,23-,24-,25-,26+,27-,29+,32-,33+,34+,35+,36-/m0/s1. The van der Waals surface area contributed by atoms with Gasteiger partial charge >= 0.3 is 11.9 Å². The van der Waals surface area contributed by atoms with Crippen molar-refractivity contribution in [2.24, 2.45) is 50.2 Å². The van der Waals surface area contributed by atoms with Crippen LogP contribution in [0.2, 0.25) is 0 Å². The molecule has 1 aliphatic heterocycles. The molecular formula is C36H56O10. The maximum absolute atomic E-state index is 12.9. The molecule has 0 radical (unpaired) electrons. The third-order valence-corrected chi connectivity index (χ3v) is 15.3. The van der Waals surface area contributed by atoms with Gasteiger partial charge in [0.25, 0.3) is 0 Å². The van der Waals surface area contributed by atoms with E-state index in [0.29, 0.717) is 18.8 Å². The average Bonchev–Trinajstić information content (AvgIpc) is 2.98. The van der Waals surface area contributed by atoms with Crippen LogP contribution in [0.1, 0.15) is 106 Å². The first-order chi connectivity index (χ1) is 21.3. The van der Waals surface area contributed by atoms with E-state index >= 15 is 0 Å². The Hall–Kier alpha value is -1.56. The maximum atomic E-state index is 12.9. The average molecular weight is 649 g/mol. The highest BCUT2D eigenvalue weighted by atomic mass is 16.7. The van der Waals surface area contributed by atoms with Gasteiger partial charge in [0.05, 0.1) is 18.1 Å². The van der Waals surface area contributed by atoms with E-state index in [0.717, 1.165) is 51.4 Å². The van der Waals surface area contributed by atoms with Crippen LogP contribution in [0.25, 0.3) is 0 Å². The summed E-state index contributed by atoms with van der Waals surface area (Å²) in [5, 5.41) is 62.4. The van der Waals surface area contributed by atoms with Crippen molar-refractivity contribution in [3.63, 3.8) is 0 Å². The summed E-state index contributed by atoms with van der Waals surface area (Å²) >= 11 is 0. The number of aliphatic carboxylic acids is 2. The second-order valence-corrected chi connectivity index (χ2v) is 17.7. The van der Waals surface area contributed by atoms with Gasteiger partial charge in [-0.2, -0.15) is 0 Å². The zero-order chi connectivity index (χ0) is 33.8. The fourth-order valence-electron chi connectivity index (χ4n) is 12.2. The third-order valence-electron chi connectivity index (χ3n) is 15.3. The molecule has 260 valence electrons. The minimum atomic E-state index is -1.80. The molecule has 4 saturated carbocycles. The number of carboxylic acids is 2. The van der Waals surface area contributed by atoms with Crippen molar-refractivity contribution in [2.75, 3.05) is 6.61 Å². The molecule has 0 aromatic rings. The van der Waals surface area contributed by atoms with Gasteiger partial charge in [-0.1, -0.05) is 53.2 Å². The van der Waals surface area contributed by atoms with Crippen LogP contribution in [0.15, 0.2) is 11.6 Å². The molecule has 0 bridgehead atoms. The molecular weight excluding hydrogens is 592 g/mol. The Morgan fingerprint density at radius 1 is 0.870 bits per heavy atom. The zero-order valence-corrected chi connectivity index (χ0v) is 28.4. The molecule has 14 atom stereocenters. The minimum absolute atomic E-state index is 0.0352. The largest absolute Gasteiger partial charge is 0.481 e. The summed E-state index contributed by atoms with van der Waals surface area (Å²) in [6.07, 6.45) is 1.53. The van der Waals surface area contributed by atoms with Crippen molar-refractivity contribution < 1.29 is 49.7 Å². The van der Waals surface area contributed by atoms with Crippen molar-refractivity contribution in [3.05, 3.63) is 11.6 Å². The van der Waals surface area contributed by atoms with E-state index in [1.165, 1.54) is 5.57 Å². The van der Waals surface area contributed by atoms with Gasteiger partial charge in [0.1, 0.15) is 18.3 Å². The lowest BCUT2D eigenvalue weighted by Gasteiger charge is -2.71. The first kappa shape index (κ1) is 34.3.